The lowest BCUT2D eigenvalue weighted by atomic mass is 10.0. The zero-order chi connectivity index (χ0) is 16.6. The van der Waals surface area contributed by atoms with Gasteiger partial charge in [0.25, 0.3) is 5.91 Å². The molecule has 0 aliphatic rings. The van der Waals surface area contributed by atoms with E-state index in [4.69, 9.17) is 4.42 Å². The molecule has 1 atom stereocenters. The Bertz CT molecular complexity index is 845. The zero-order valence-corrected chi connectivity index (χ0v) is 13.8. The second-order valence-electron chi connectivity index (χ2n) is 6.15. The summed E-state index contributed by atoms with van der Waals surface area (Å²) in [6, 6.07) is 5.81. The lowest BCUT2D eigenvalue weighted by molar-refractivity contribution is 0.0938. The highest BCUT2D eigenvalue weighted by molar-refractivity contribution is 6.06. The van der Waals surface area contributed by atoms with Gasteiger partial charge in [0.1, 0.15) is 17.7 Å². The molecule has 1 amide bonds. The molecule has 1 unspecified atom stereocenters. The van der Waals surface area contributed by atoms with Gasteiger partial charge in [-0.15, -0.1) is 0 Å². The molecule has 1 aromatic carbocycles. The van der Waals surface area contributed by atoms with Crippen LogP contribution in [0.1, 0.15) is 54.5 Å². The molecule has 3 rings (SSSR count). The number of carbonyl (C=O) groups is 1. The van der Waals surface area contributed by atoms with Crippen LogP contribution >= 0.6 is 0 Å². The van der Waals surface area contributed by atoms with Crippen molar-refractivity contribution in [2.75, 3.05) is 0 Å². The van der Waals surface area contributed by atoms with Crippen LogP contribution in [0.4, 0.5) is 0 Å². The van der Waals surface area contributed by atoms with Crippen LogP contribution in [0, 0.1) is 0 Å². The summed E-state index contributed by atoms with van der Waals surface area (Å²) in [5.41, 5.74) is 2.47. The average molecular weight is 311 g/mol. The number of aryl methyl sites for hydroxylation is 1. The van der Waals surface area contributed by atoms with Crippen molar-refractivity contribution in [3.05, 3.63) is 53.8 Å². The normalized spacial score (nSPS) is 12.7. The quantitative estimate of drug-likeness (QED) is 0.797. The Morgan fingerprint density at radius 2 is 2.09 bits per heavy atom. The number of furan rings is 1. The first kappa shape index (κ1) is 15.3. The topological polar surface area (TPSA) is 60.1 Å². The predicted octanol–water partition coefficient (Wildman–Crippen LogP) is 3.78. The van der Waals surface area contributed by atoms with Crippen molar-refractivity contribution in [1.82, 2.24) is 14.9 Å². The van der Waals surface area contributed by atoms with Gasteiger partial charge in [0.15, 0.2) is 0 Å². The molecule has 23 heavy (non-hydrogen) atoms. The van der Waals surface area contributed by atoms with E-state index in [2.05, 4.69) is 24.1 Å². The number of aromatic nitrogens is 2. The summed E-state index contributed by atoms with van der Waals surface area (Å²) in [5.74, 6) is 1.06. The molecule has 0 aliphatic heterocycles. The summed E-state index contributed by atoms with van der Waals surface area (Å²) in [5, 5.41) is 3.83. The van der Waals surface area contributed by atoms with E-state index < -0.39 is 0 Å². The van der Waals surface area contributed by atoms with E-state index in [9.17, 15) is 4.79 Å². The molecule has 0 saturated carbocycles. The van der Waals surface area contributed by atoms with E-state index in [1.165, 1.54) is 11.8 Å². The van der Waals surface area contributed by atoms with Crippen LogP contribution in [-0.2, 0) is 7.05 Å². The maximum Gasteiger partial charge on any atom is 0.255 e. The minimum Gasteiger partial charge on any atom is -0.463 e. The highest BCUT2D eigenvalue weighted by Gasteiger charge is 2.19. The molecule has 5 heteroatoms. The van der Waals surface area contributed by atoms with Crippen molar-refractivity contribution in [2.45, 2.75) is 32.7 Å². The number of fused-ring (bicyclic) bond motifs is 1. The molecule has 3 aromatic rings. The van der Waals surface area contributed by atoms with Crippen LogP contribution in [0.25, 0.3) is 11.0 Å². The molecule has 0 aliphatic carbocycles. The Hall–Kier alpha value is -2.56. The third-order valence-corrected chi connectivity index (χ3v) is 4.10. The first-order chi connectivity index (χ1) is 11.0. The van der Waals surface area contributed by atoms with Crippen LogP contribution in [0.15, 0.2) is 41.3 Å². The number of benzene rings is 1. The minimum atomic E-state index is -0.180. The van der Waals surface area contributed by atoms with E-state index in [1.54, 1.807) is 6.20 Å². The third-order valence-electron chi connectivity index (χ3n) is 4.10. The maximum atomic E-state index is 12.6. The highest BCUT2D eigenvalue weighted by atomic mass is 16.3. The van der Waals surface area contributed by atoms with Crippen LogP contribution < -0.4 is 5.32 Å². The standard InChI is InChI=1S/C18H21N3O2/c1-11(2)13-5-6-16-14(9-13)15(10-23-16)18(22)20-12(3)17-19-7-8-21(17)4/h5-12H,1-4H3,(H,20,22). The number of nitrogens with one attached hydrogen (secondary N) is 1. The van der Waals surface area contributed by atoms with Crippen molar-refractivity contribution >= 4 is 16.9 Å². The summed E-state index contributed by atoms with van der Waals surface area (Å²) in [4.78, 5) is 16.9. The zero-order valence-electron chi connectivity index (χ0n) is 13.8. The van der Waals surface area contributed by atoms with Gasteiger partial charge in [0, 0.05) is 24.8 Å². The van der Waals surface area contributed by atoms with Gasteiger partial charge in [-0.2, -0.15) is 0 Å². The minimum absolute atomic E-state index is 0.153. The van der Waals surface area contributed by atoms with Crippen molar-refractivity contribution in [3.63, 3.8) is 0 Å². The summed E-state index contributed by atoms with van der Waals surface area (Å²) in [6.07, 6.45) is 5.11. The molecular formula is C18H21N3O2. The van der Waals surface area contributed by atoms with E-state index in [1.807, 2.05) is 42.9 Å². The van der Waals surface area contributed by atoms with Gasteiger partial charge in [-0.3, -0.25) is 4.79 Å². The second kappa shape index (κ2) is 5.91. The van der Waals surface area contributed by atoms with Gasteiger partial charge in [-0.1, -0.05) is 19.9 Å². The Kier molecular flexibility index (Phi) is 3.94. The Morgan fingerprint density at radius 3 is 2.74 bits per heavy atom. The van der Waals surface area contributed by atoms with Gasteiger partial charge < -0.3 is 14.3 Å². The smallest absolute Gasteiger partial charge is 0.255 e. The fourth-order valence-electron chi connectivity index (χ4n) is 2.72. The fraction of sp³-hybridized carbons (Fsp3) is 0.333. The van der Waals surface area contributed by atoms with Crippen molar-refractivity contribution < 1.29 is 9.21 Å². The predicted molar refractivity (Wildman–Crippen MR) is 89.4 cm³/mol. The highest BCUT2D eigenvalue weighted by Crippen LogP contribution is 2.26. The molecule has 0 radical (unpaired) electrons. The van der Waals surface area contributed by atoms with Gasteiger partial charge >= 0.3 is 0 Å². The molecule has 0 bridgehead atoms. The number of amides is 1. The maximum absolute atomic E-state index is 12.6. The van der Waals surface area contributed by atoms with Crippen molar-refractivity contribution in [1.29, 1.82) is 0 Å². The summed E-state index contributed by atoms with van der Waals surface area (Å²) < 4.78 is 7.42. The number of carbonyl (C=O) groups excluding carboxylic acids is 1. The first-order valence-corrected chi connectivity index (χ1v) is 7.76. The SMILES string of the molecule is CC(C)c1ccc2occ(C(=O)NC(C)c3nccn3C)c2c1. The Balaban J connectivity index is 1.89. The summed E-state index contributed by atoms with van der Waals surface area (Å²) in [7, 11) is 1.91. The number of rotatable bonds is 4. The molecule has 2 heterocycles. The average Bonchev–Trinajstić information content (AvgIpc) is 3.12. The van der Waals surface area contributed by atoms with E-state index in [0.717, 1.165) is 16.8 Å². The molecule has 2 aromatic heterocycles. The molecule has 1 N–H and O–H groups in total. The molecular weight excluding hydrogens is 290 g/mol. The number of hydrogen-bond donors (Lipinski definition) is 1. The van der Waals surface area contributed by atoms with Gasteiger partial charge in [0.2, 0.25) is 0 Å². The molecule has 0 fully saturated rings. The number of nitrogens with zero attached hydrogens (tertiary/aromatic N) is 2. The second-order valence-corrected chi connectivity index (χ2v) is 6.15. The molecule has 0 saturated heterocycles. The van der Waals surface area contributed by atoms with Crippen molar-refractivity contribution in [2.24, 2.45) is 7.05 Å². The molecule has 0 spiro atoms. The number of hydrogen-bond acceptors (Lipinski definition) is 3. The van der Waals surface area contributed by atoms with Crippen LogP contribution in [0.5, 0.6) is 0 Å². The monoisotopic (exact) mass is 311 g/mol. The molecule has 120 valence electrons. The lowest BCUT2D eigenvalue weighted by Crippen LogP contribution is -2.28. The largest absolute Gasteiger partial charge is 0.463 e. The Labute approximate surface area is 135 Å². The van der Waals surface area contributed by atoms with Crippen molar-refractivity contribution in [3.8, 4) is 0 Å². The van der Waals surface area contributed by atoms with Gasteiger partial charge in [-0.25, -0.2) is 4.98 Å². The van der Waals surface area contributed by atoms with Gasteiger partial charge in [-0.05, 0) is 30.5 Å². The van der Waals surface area contributed by atoms with Crippen LogP contribution in [0.2, 0.25) is 0 Å². The molecule has 5 nitrogen and oxygen atoms in total. The van der Waals surface area contributed by atoms with Crippen LogP contribution in [-0.4, -0.2) is 15.5 Å². The number of imidazole rings is 1. The van der Waals surface area contributed by atoms with E-state index in [0.29, 0.717) is 11.5 Å². The van der Waals surface area contributed by atoms with Crippen LogP contribution in [0.3, 0.4) is 0 Å². The van der Waals surface area contributed by atoms with Gasteiger partial charge in [0.05, 0.1) is 11.6 Å². The third kappa shape index (κ3) is 2.86. The fourth-order valence-corrected chi connectivity index (χ4v) is 2.72. The summed E-state index contributed by atoms with van der Waals surface area (Å²) in [6.45, 7) is 6.18. The summed E-state index contributed by atoms with van der Waals surface area (Å²) >= 11 is 0. The first-order valence-electron chi connectivity index (χ1n) is 7.76. The lowest BCUT2D eigenvalue weighted by Gasteiger charge is -2.13. The van der Waals surface area contributed by atoms with E-state index >= 15 is 0 Å². The van der Waals surface area contributed by atoms with E-state index in [-0.39, 0.29) is 11.9 Å². The Morgan fingerprint density at radius 1 is 1.30 bits per heavy atom.